The molecule has 2 aliphatic carbocycles. The van der Waals surface area contributed by atoms with E-state index in [0.29, 0.717) is 15.4 Å². The summed E-state index contributed by atoms with van der Waals surface area (Å²) in [5, 5.41) is 0. The Labute approximate surface area is 76.8 Å². The van der Waals surface area contributed by atoms with E-state index >= 15 is 0 Å². The SMILES string of the molecule is BrC1(Br)C2CC3OC3CC21. The Morgan fingerprint density at radius 3 is 2.10 bits per heavy atom. The zero-order valence-corrected chi connectivity index (χ0v) is 8.56. The Morgan fingerprint density at radius 1 is 1.10 bits per heavy atom. The van der Waals surface area contributed by atoms with Crippen molar-refractivity contribution >= 4 is 31.9 Å². The fourth-order valence-electron chi connectivity index (χ4n) is 2.20. The van der Waals surface area contributed by atoms with Crippen molar-refractivity contribution in [3.05, 3.63) is 0 Å². The van der Waals surface area contributed by atoms with Gasteiger partial charge in [-0.3, -0.25) is 0 Å². The molecule has 3 fully saturated rings. The maximum atomic E-state index is 5.43. The second-order valence-corrected chi connectivity index (χ2v) is 7.26. The van der Waals surface area contributed by atoms with Crippen molar-refractivity contribution in [2.24, 2.45) is 11.8 Å². The smallest absolute Gasteiger partial charge is 0.0870 e. The van der Waals surface area contributed by atoms with Gasteiger partial charge in [0.1, 0.15) is 0 Å². The zero-order valence-electron chi connectivity index (χ0n) is 5.39. The highest BCUT2D eigenvalue weighted by Crippen LogP contribution is 2.70. The zero-order chi connectivity index (χ0) is 6.93. The molecule has 3 aliphatic rings. The molecular formula is C7H8Br2O. The second-order valence-electron chi connectivity index (χ2n) is 3.57. The molecule has 10 heavy (non-hydrogen) atoms. The number of epoxide rings is 1. The van der Waals surface area contributed by atoms with E-state index in [1.54, 1.807) is 0 Å². The first-order valence-electron chi connectivity index (χ1n) is 3.73. The molecule has 0 N–H and O–H groups in total. The molecule has 0 aromatic heterocycles. The molecule has 3 rings (SSSR count). The van der Waals surface area contributed by atoms with Crippen molar-refractivity contribution in [2.45, 2.75) is 28.3 Å². The first kappa shape index (κ1) is 6.44. The first-order chi connectivity index (χ1) is 4.69. The lowest BCUT2D eigenvalue weighted by Gasteiger charge is -1.98. The number of halogens is 2. The lowest BCUT2D eigenvalue weighted by molar-refractivity contribution is 0.363. The average Bonchev–Trinajstić information content (AvgIpc) is 2.70. The van der Waals surface area contributed by atoms with Crippen LogP contribution in [-0.4, -0.2) is 15.4 Å². The van der Waals surface area contributed by atoms with Gasteiger partial charge in [-0.05, 0) is 24.7 Å². The maximum absolute atomic E-state index is 5.43. The third kappa shape index (κ3) is 0.669. The minimum Gasteiger partial charge on any atom is -0.370 e. The molecule has 0 aromatic rings. The van der Waals surface area contributed by atoms with E-state index in [1.165, 1.54) is 12.8 Å². The number of rotatable bonds is 0. The topological polar surface area (TPSA) is 12.5 Å². The van der Waals surface area contributed by atoms with Crippen molar-refractivity contribution in [3.8, 4) is 0 Å². The largest absolute Gasteiger partial charge is 0.370 e. The molecular weight excluding hydrogens is 260 g/mol. The molecule has 0 radical (unpaired) electrons. The number of fused-ring (bicyclic) bond motifs is 2. The van der Waals surface area contributed by atoms with Crippen LogP contribution in [0.25, 0.3) is 0 Å². The highest BCUT2D eigenvalue weighted by atomic mass is 79.9. The lowest BCUT2D eigenvalue weighted by Crippen LogP contribution is -2.03. The van der Waals surface area contributed by atoms with Gasteiger partial charge >= 0.3 is 0 Å². The van der Waals surface area contributed by atoms with Crippen LogP contribution in [0.5, 0.6) is 0 Å². The molecule has 0 spiro atoms. The van der Waals surface area contributed by atoms with Crippen molar-refractivity contribution in [1.29, 1.82) is 0 Å². The van der Waals surface area contributed by atoms with Crippen LogP contribution < -0.4 is 0 Å². The van der Waals surface area contributed by atoms with Gasteiger partial charge < -0.3 is 4.74 Å². The molecule has 0 amide bonds. The van der Waals surface area contributed by atoms with Gasteiger partial charge in [-0.15, -0.1) is 0 Å². The van der Waals surface area contributed by atoms with E-state index in [-0.39, 0.29) is 0 Å². The van der Waals surface area contributed by atoms with E-state index in [4.69, 9.17) is 4.74 Å². The van der Waals surface area contributed by atoms with Gasteiger partial charge in [-0.1, -0.05) is 31.9 Å². The fraction of sp³-hybridized carbons (Fsp3) is 1.00. The lowest BCUT2D eigenvalue weighted by atomic mass is 10.0. The summed E-state index contributed by atoms with van der Waals surface area (Å²) in [6.07, 6.45) is 3.79. The molecule has 2 saturated carbocycles. The van der Waals surface area contributed by atoms with Crippen LogP contribution in [0.4, 0.5) is 0 Å². The van der Waals surface area contributed by atoms with Crippen molar-refractivity contribution < 1.29 is 4.74 Å². The first-order valence-corrected chi connectivity index (χ1v) is 5.31. The summed E-state index contributed by atoms with van der Waals surface area (Å²) in [6.45, 7) is 0. The predicted octanol–water partition coefficient (Wildman–Crippen LogP) is 2.28. The van der Waals surface area contributed by atoms with Gasteiger partial charge in [0.25, 0.3) is 0 Å². The van der Waals surface area contributed by atoms with Crippen LogP contribution in [0.15, 0.2) is 0 Å². The van der Waals surface area contributed by atoms with Gasteiger partial charge in [-0.25, -0.2) is 0 Å². The average molecular weight is 268 g/mol. The monoisotopic (exact) mass is 266 g/mol. The standard InChI is InChI=1S/C7H8Br2O/c8-7(9)3-1-5-6(10-5)2-4(3)7/h3-6H,1-2H2. The Morgan fingerprint density at radius 2 is 1.60 bits per heavy atom. The Bertz CT molecular complexity index is 174. The van der Waals surface area contributed by atoms with Crippen LogP contribution in [0, 0.1) is 11.8 Å². The maximum Gasteiger partial charge on any atom is 0.0870 e. The van der Waals surface area contributed by atoms with Gasteiger partial charge in [0.15, 0.2) is 0 Å². The molecule has 56 valence electrons. The Hall–Kier alpha value is 0.920. The molecule has 1 aliphatic heterocycles. The quantitative estimate of drug-likeness (QED) is 0.485. The summed E-state index contributed by atoms with van der Waals surface area (Å²) < 4.78 is 5.73. The molecule has 3 heteroatoms. The summed E-state index contributed by atoms with van der Waals surface area (Å²) >= 11 is 7.38. The number of alkyl halides is 2. The summed E-state index contributed by atoms with van der Waals surface area (Å²) in [5.74, 6) is 1.69. The minimum absolute atomic E-state index is 0.302. The van der Waals surface area contributed by atoms with Gasteiger partial charge in [0.2, 0.25) is 0 Å². The fourth-order valence-corrected chi connectivity index (χ4v) is 3.96. The molecule has 1 nitrogen and oxygen atoms in total. The highest BCUT2D eigenvalue weighted by molar-refractivity contribution is 9.25. The predicted molar refractivity (Wildman–Crippen MR) is 45.5 cm³/mol. The number of hydrogen-bond donors (Lipinski definition) is 0. The van der Waals surface area contributed by atoms with Crippen molar-refractivity contribution in [3.63, 3.8) is 0 Å². The molecule has 4 unspecified atom stereocenters. The normalized spacial score (nSPS) is 60.6. The highest BCUT2D eigenvalue weighted by Gasteiger charge is 2.68. The van der Waals surface area contributed by atoms with Gasteiger partial charge in [-0.2, -0.15) is 0 Å². The van der Waals surface area contributed by atoms with E-state index in [1.807, 2.05) is 0 Å². The van der Waals surface area contributed by atoms with Crippen LogP contribution in [0.2, 0.25) is 0 Å². The molecule has 0 bridgehead atoms. The summed E-state index contributed by atoms with van der Waals surface area (Å²) in [4.78, 5) is 0. The number of ether oxygens (including phenoxy) is 1. The third-order valence-electron chi connectivity index (χ3n) is 3.03. The van der Waals surface area contributed by atoms with E-state index in [2.05, 4.69) is 31.9 Å². The van der Waals surface area contributed by atoms with Crippen LogP contribution in [-0.2, 0) is 4.74 Å². The van der Waals surface area contributed by atoms with Crippen LogP contribution in [0.1, 0.15) is 12.8 Å². The Balaban J connectivity index is 1.83. The summed E-state index contributed by atoms with van der Waals surface area (Å²) in [6, 6.07) is 0. The molecule has 1 heterocycles. The molecule has 4 atom stereocenters. The van der Waals surface area contributed by atoms with E-state index in [0.717, 1.165) is 11.8 Å². The van der Waals surface area contributed by atoms with Crippen molar-refractivity contribution in [1.82, 2.24) is 0 Å². The van der Waals surface area contributed by atoms with Gasteiger partial charge in [0, 0.05) is 0 Å². The molecule has 0 aromatic carbocycles. The van der Waals surface area contributed by atoms with E-state index in [9.17, 15) is 0 Å². The van der Waals surface area contributed by atoms with Crippen molar-refractivity contribution in [2.75, 3.05) is 0 Å². The third-order valence-corrected chi connectivity index (χ3v) is 5.38. The Kier molecular flexibility index (Phi) is 1.06. The molecule has 1 saturated heterocycles. The van der Waals surface area contributed by atoms with Crippen LogP contribution in [0.3, 0.4) is 0 Å². The van der Waals surface area contributed by atoms with E-state index < -0.39 is 0 Å². The minimum atomic E-state index is 0.302. The number of hydrogen-bond acceptors (Lipinski definition) is 1. The van der Waals surface area contributed by atoms with Crippen LogP contribution >= 0.6 is 31.9 Å². The summed E-state index contributed by atoms with van der Waals surface area (Å²) in [5.41, 5.74) is 0. The second kappa shape index (κ2) is 1.64. The summed E-state index contributed by atoms with van der Waals surface area (Å²) in [7, 11) is 0. The van der Waals surface area contributed by atoms with Gasteiger partial charge in [0.05, 0.1) is 15.4 Å².